The van der Waals surface area contributed by atoms with Gasteiger partial charge in [-0.25, -0.2) is 0 Å². The Bertz CT molecular complexity index is 474. The Hall–Kier alpha value is -1.06. The molecule has 1 heterocycles. The zero-order chi connectivity index (χ0) is 14.7. The highest BCUT2D eigenvalue weighted by Gasteiger charge is 2.24. The second kappa shape index (κ2) is 6.80. The maximum atomic E-state index is 9.48. The lowest BCUT2D eigenvalue weighted by Crippen LogP contribution is -2.32. The normalized spacial score (nSPS) is 25.1. The lowest BCUT2D eigenvalue weighted by Gasteiger charge is -2.30. The van der Waals surface area contributed by atoms with Crippen LogP contribution in [-0.4, -0.2) is 31.9 Å². The van der Waals surface area contributed by atoms with Crippen molar-refractivity contribution in [3.05, 3.63) is 29.3 Å². The second-order valence-corrected chi connectivity index (χ2v) is 6.75. The summed E-state index contributed by atoms with van der Waals surface area (Å²) in [4.78, 5) is 2.33. The van der Waals surface area contributed by atoms with Crippen LogP contribution in [0.25, 0.3) is 0 Å². The molecule has 2 aliphatic rings. The first-order valence-corrected chi connectivity index (χ1v) is 8.42. The predicted octanol–water partition coefficient (Wildman–Crippen LogP) is 2.57. The minimum atomic E-state index is 0.359. The Morgan fingerprint density at radius 2 is 2.05 bits per heavy atom. The quantitative estimate of drug-likeness (QED) is 0.874. The molecule has 1 aromatic carbocycles. The topological polar surface area (TPSA) is 35.5 Å². The van der Waals surface area contributed by atoms with Crippen molar-refractivity contribution in [2.24, 2.45) is 11.8 Å². The van der Waals surface area contributed by atoms with E-state index in [-0.39, 0.29) is 0 Å². The zero-order valence-electron chi connectivity index (χ0n) is 13.1. The zero-order valence-corrected chi connectivity index (χ0v) is 13.1. The maximum absolute atomic E-state index is 9.48. The molecular weight excluding hydrogens is 260 g/mol. The smallest absolute Gasteiger partial charge is 0.0462 e. The molecule has 21 heavy (non-hydrogen) atoms. The van der Waals surface area contributed by atoms with Crippen molar-refractivity contribution in [3.63, 3.8) is 0 Å². The molecule has 2 N–H and O–H groups in total. The van der Waals surface area contributed by atoms with Crippen molar-refractivity contribution in [1.82, 2.24) is 5.32 Å². The average Bonchev–Trinajstić information content (AvgIpc) is 2.89. The number of rotatable bonds is 5. The van der Waals surface area contributed by atoms with Crippen LogP contribution in [0, 0.1) is 11.8 Å². The lowest BCUT2D eigenvalue weighted by molar-refractivity contribution is 0.133. The molecule has 0 amide bonds. The van der Waals surface area contributed by atoms with Crippen LogP contribution >= 0.6 is 0 Å². The number of aliphatic hydroxyl groups excluding tert-OH is 1. The summed E-state index contributed by atoms with van der Waals surface area (Å²) in [6.07, 6.45) is 6.27. The number of anilines is 1. The molecule has 116 valence electrons. The summed E-state index contributed by atoms with van der Waals surface area (Å²) >= 11 is 0. The van der Waals surface area contributed by atoms with E-state index in [2.05, 4.69) is 35.5 Å². The highest BCUT2D eigenvalue weighted by molar-refractivity contribution is 5.58. The third-order valence-electron chi connectivity index (χ3n) is 5.31. The minimum Gasteiger partial charge on any atom is -0.396 e. The molecule has 0 saturated heterocycles. The highest BCUT2D eigenvalue weighted by Crippen LogP contribution is 2.29. The molecule has 1 saturated carbocycles. The van der Waals surface area contributed by atoms with E-state index in [1.54, 1.807) is 0 Å². The number of likely N-dealkylation sites (N-methyl/N-ethyl adjacent to an activating group) is 1. The standard InChI is InChI=1S/C18H28N2O/c1-20-9-8-15-10-14(6-7-18(15)20)11-19-12-16-4-2-3-5-17(16)13-21/h6-7,10,16-17,19,21H,2-5,8-9,11-13H2,1H3. The molecule has 0 radical (unpaired) electrons. The van der Waals surface area contributed by atoms with Crippen LogP contribution in [0.15, 0.2) is 18.2 Å². The third-order valence-corrected chi connectivity index (χ3v) is 5.31. The van der Waals surface area contributed by atoms with Crippen molar-refractivity contribution in [2.75, 3.05) is 31.6 Å². The van der Waals surface area contributed by atoms with E-state index in [9.17, 15) is 5.11 Å². The van der Waals surface area contributed by atoms with E-state index in [1.807, 2.05) is 0 Å². The number of aliphatic hydroxyl groups is 1. The van der Waals surface area contributed by atoms with E-state index in [0.717, 1.165) is 19.6 Å². The summed E-state index contributed by atoms with van der Waals surface area (Å²) in [6, 6.07) is 6.87. The Morgan fingerprint density at radius 1 is 1.24 bits per heavy atom. The number of benzene rings is 1. The molecule has 3 heteroatoms. The molecule has 3 nitrogen and oxygen atoms in total. The van der Waals surface area contributed by atoms with Crippen LogP contribution in [-0.2, 0) is 13.0 Å². The van der Waals surface area contributed by atoms with Gasteiger partial charge in [-0.3, -0.25) is 0 Å². The molecular formula is C18H28N2O. The number of hydrogen-bond donors (Lipinski definition) is 2. The van der Waals surface area contributed by atoms with Crippen molar-refractivity contribution in [1.29, 1.82) is 0 Å². The SMILES string of the molecule is CN1CCc2cc(CNCC3CCCCC3CO)ccc21. The van der Waals surface area contributed by atoms with Gasteiger partial charge in [0.15, 0.2) is 0 Å². The van der Waals surface area contributed by atoms with Gasteiger partial charge in [-0.15, -0.1) is 0 Å². The summed E-state index contributed by atoms with van der Waals surface area (Å²) in [6.45, 7) is 3.50. The van der Waals surface area contributed by atoms with E-state index >= 15 is 0 Å². The molecule has 2 unspecified atom stereocenters. The van der Waals surface area contributed by atoms with Crippen molar-refractivity contribution < 1.29 is 5.11 Å². The van der Waals surface area contributed by atoms with Crippen LogP contribution in [0.2, 0.25) is 0 Å². The highest BCUT2D eigenvalue weighted by atomic mass is 16.3. The fourth-order valence-electron chi connectivity index (χ4n) is 3.93. The summed E-state index contributed by atoms with van der Waals surface area (Å²) in [5, 5.41) is 13.1. The molecule has 2 atom stereocenters. The lowest BCUT2D eigenvalue weighted by atomic mass is 9.79. The first-order chi connectivity index (χ1) is 10.3. The minimum absolute atomic E-state index is 0.359. The molecule has 1 aliphatic carbocycles. The van der Waals surface area contributed by atoms with Gasteiger partial charge in [0, 0.05) is 32.4 Å². The number of hydrogen-bond acceptors (Lipinski definition) is 3. The van der Waals surface area contributed by atoms with Gasteiger partial charge in [0.05, 0.1) is 0 Å². The van der Waals surface area contributed by atoms with Crippen LogP contribution in [0.3, 0.4) is 0 Å². The van der Waals surface area contributed by atoms with Crippen LogP contribution < -0.4 is 10.2 Å². The van der Waals surface area contributed by atoms with E-state index < -0.39 is 0 Å². The van der Waals surface area contributed by atoms with Gasteiger partial charge in [0.2, 0.25) is 0 Å². The summed E-state index contributed by atoms with van der Waals surface area (Å²) in [7, 11) is 2.17. The first kappa shape index (κ1) is 14.9. The number of nitrogens with one attached hydrogen (secondary N) is 1. The van der Waals surface area contributed by atoms with E-state index in [0.29, 0.717) is 18.4 Å². The number of fused-ring (bicyclic) bond motifs is 1. The Labute approximate surface area is 128 Å². The molecule has 1 fully saturated rings. The largest absolute Gasteiger partial charge is 0.396 e. The number of nitrogens with zero attached hydrogens (tertiary/aromatic N) is 1. The van der Waals surface area contributed by atoms with Gasteiger partial charge in [0.25, 0.3) is 0 Å². The molecule has 0 spiro atoms. The van der Waals surface area contributed by atoms with E-state index in [1.165, 1.54) is 48.9 Å². The monoisotopic (exact) mass is 288 g/mol. The average molecular weight is 288 g/mol. The Morgan fingerprint density at radius 3 is 2.86 bits per heavy atom. The third kappa shape index (κ3) is 3.41. The molecule has 1 aliphatic heterocycles. The Kier molecular flexibility index (Phi) is 4.81. The van der Waals surface area contributed by atoms with Gasteiger partial charge in [-0.05, 0) is 54.8 Å². The predicted molar refractivity (Wildman–Crippen MR) is 87.7 cm³/mol. The summed E-state index contributed by atoms with van der Waals surface area (Å²) in [5.41, 5.74) is 4.27. The van der Waals surface area contributed by atoms with Crippen molar-refractivity contribution in [3.8, 4) is 0 Å². The summed E-state index contributed by atoms with van der Waals surface area (Å²) in [5.74, 6) is 1.17. The fraction of sp³-hybridized carbons (Fsp3) is 0.667. The van der Waals surface area contributed by atoms with Gasteiger partial charge >= 0.3 is 0 Å². The van der Waals surface area contributed by atoms with Crippen molar-refractivity contribution in [2.45, 2.75) is 38.6 Å². The van der Waals surface area contributed by atoms with Crippen LogP contribution in [0.4, 0.5) is 5.69 Å². The van der Waals surface area contributed by atoms with Crippen molar-refractivity contribution >= 4 is 5.69 Å². The molecule has 3 rings (SSSR count). The molecule has 0 aromatic heterocycles. The van der Waals surface area contributed by atoms with Crippen LogP contribution in [0.1, 0.15) is 36.8 Å². The van der Waals surface area contributed by atoms with Crippen LogP contribution in [0.5, 0.6) is 0 Å². The van der Waals surface area contributed by atoms with Gasteiger partial charge < -0.3 is 15.3 Å². The Balaban J connectivity index is 1.51. The second-order valence-electron chi connectivity index (χ2n) is 6.75. The first-order valence-electron chi connectivity index (χ1n) is 8.42. The van der Waals surface area contributed by atoms with Gasteiger partial charge in [-0.1, -0.05) is 25.0 Å². The van der Waals surface area contributed by atoms with E-state index in [4.69, 9.17) is 0 Å². The molecule has 0 bridgehead atoms. The molecule has 1 aromatic rings. The fourth-order valence-corrected chi connectivity index (χ4v) is 3.93. The summed E-state index contributed by atoms with van der Waals surface area (Å²) < 4.78 is 0. The van der Waals surface area contributed by atoms with Gasteiger partial charge in [0.1, 0.15) is 0 Å². The maximum Gasteiger partial charge on any atom is 0.0462 e. The van der Waals surface area contributed by atoms with Gasteiger partial charge in [-0.2, -0.15) is 0 Å².